The van der Waals surface area contributed by atoms with Crippen LogP contribution in [0.1, 0.15) is 44.3 Å². The van der Waals surface area contributed by atoms with E-state index in [2.05, 4.69) is 27.1 Å². The van der Waals surface area contributed by atoms with Crippen LogP contribution in [0.3, 0.4) is 0 Å². The van der Waals surface area contributed by atoms with E-state index in [9.17, 15) is 9.90 Å². The average Bonchev–Trinajstić information content (AvgIpc) is 3.12. The second-order valence-electron chi connectivity index (χ2n) is 7.70. The second kappa shape index (κ2) is 7.75. The van der Waals surface area contributed by atoms with Crippen molar-refractivity contribution in [3.05, 3.63) is 24.3 Å². The topological polar surface area (TPSA) is 125 Å². The Morgan fingerprint density at radius 1 is 1.36 bits per heavy atom. The third-order valence-electron chi connectivity index (χ3n) is 5.81. The summed E-state index contributed by atoms with van der Waals surface area (Å²) < 4.78 is 1.98. The number of aromatic amines is 1. The third-order valence-corrected chi connectivity index (χ3v) is 5.81. The highest BCUT2D eigenvalue weighted by Gasteiger charge is 2.38. The fourth-order valence-corrected chi connectivity index (χ4v) is 4.01. The van der Waals surface area contributed by atoms with E-state index in [0.717, 1.165) is 35.9 Å². The molecule has 1 saturated carbocycles. The minimum absolute atomic E-state index is 0.0524. The Balaban J connectivity index is 0.000000275. The molecule has 150 valence electrons. The summed E-state index contributed by atoms with van der Waals surface area (Å²) in [5.41, 5.74) is 7.65. The van der Waals surface area contributed by atoms with Crippen molar-refractivity contribution in [2.24, 2.45) is 17.6 Å². The van der Waals surface area contributed by atoms with Gasteiger partial charge in [-0.3, -0.25) is 4.40 Å². The van der Waals surface area contributed by atoms with Crippen LogP contribution in [-0.4, -0.2) is 60.3 Å². The summed E-state index contributed by atoms with van der Waals surface area (Å²) in [6.45, 7) is 3.99. The van der Waals surface area contributed by atoms with Crippen LogP contribution >= 0.6 is 0 Å². The van der Waals surface area contributed by atoms with Crippen LogP contribution in [0.4, 0.5) is 4.79 Å². The van der Waals surface area contributed by atoms with Gasteiger partial charge in [-0.15, -0.1) is 10.2 Å². The molecule has 0 radical (unpaired) electrons. The van der Waals surface area contributed by atoms with Gasteiger partial charge >= 0.3 is 6.09 Å². The van der Waals surface area contributed by atoms with Crippen molar-refractivity contribution in [1.29, 1.82) is 0 Å². The average molecular weight is 385 g/mol. The van der Waals surface area contributed by atoms with Crippen molar-refractivity contribution < 1.29 is 9.90 Å². The lowest BCUT2D eigenvalue weighted by molar-refractivity contribution is 0.153. The monoisotopic (exact) mass is 385 g/mol. The van der Waals surface area contributed by atoms with Gasteiger partial charge in [0.1, 0.15) is 5.82 Å². The number of hydrogen-bond donors (Lipinski definition) is 3. The molecule has 0 spiro atoms. The molecule has 1 aliphatic heterocycles. The fourth-order valence-electron chi connectivity index (χ4n) is 4.01. The molecule has 1 amide bonds. The first-order valence-corrected chi connectivity index (χ1v) is 9.97. The molecule has 4 N–H and O–H groups in total. The highest BCUT2D eigenvalue weighted by atomic mass is 16.4. The molecule has 1 aliphatic carbocycles. The number of nitrogens with two attached hydrogens (primary N) is 1. The van der Waals surface area contributed by atoms with Gasteiger partial charge in [0.15, 0.2) is 11.3 Å². The molecular formula is C19H27N7O2. The van der Waals surface area contributed by atoms with Gasteiger partial charge in [-0.25, -0.2) is 9.78 Å². The standard InChI is InChI=1S/C14H16N6O2.C5H11N/c1-2-8-6-19(14(21)22)7-9(8)13-18-17-11-5-16-12-10(20(11)13)3-4-15-12;6-4-3-5-1-2-5/h3-5,8-9,15H,2,6-7H2,1H3,(H,21,22);5H,1-4,6H2/t8-,9+;/m0./s1. The van der Waals surface area contributed by atoms with Gasteiger partial charge in [-0.1, -0.05) is 26.2 Å². The van der Waals surface area contributed by atoms with Crippen LogP contribution in [0.15, 0.2) is 18.5 Å². The molecule has 28 heavy (non-hydrogen) atoms. The summed E-state index contributed by atoms with van der Waals surface area (Å²) in [6, 6.07) is 1.94. The molecule has 2 aliphatic rings. The van der Waals surface area contributed by atoms with Gasteiger partial charge in [0.2, 0.25) is 0 Å². The van der Waals surface area contributed by atoms with E-state index in [1.807, 2.05) is 16.7 Å². The van der Waals surface area contributed by atoms with Crippen molar-refractivity contribution >= 4 is 22.9 Å². The number of fused-ring (bicyclic) bond motifs is 3. The molecule has 2 fully saturated rings. The van der Waals surface area contributed by atoms with Crippen molar-refractivity contribution in [3.8, 4) is 0 Å². The van der Waals surface area contributed by atoms with E-state index in [1.165, 1.54) is 24.2 Å². The highest BCUT2D eigenvalue weighted by Crippen LogP contribution is 2.34. The van der Waals surface area contributed by atoms with E-state index >= 15 is 0 Å². The van der Waals surface area contributed by atoms with Crippen LogP contribution < -0.4 is 5.73 Å². The Morgan fingerprint density at radius 2 is 2.18 bits per heavy atom. The number of nitrogens with zero attached hydrogens (tertiary/aromatic N) is 5. The summed E-state index contributed by atoms with van der Waals surface area (Å²) in [4.78, 5) is 20.1. The minimum atomic E-state index is -0.872. The number of hydrogen-bond acceptors (Lipinski definition) is 5. The lowest BCUT2D eigenvalue weighted by atomic mass is 9.93. The zero-order chi connectivity index (χ0) is 19.7. The number of H-pyrrole nitrogens is 1. The minimum Gasteiger partial charge on any atom is -0.465 e. The van der Waals surface area contributed by atoms with Gasteiger partial charge in [-0.2, -0.15) is 0 Å². The quantitative estimate of drug-likeness (QED) is 0.633. The van der Waals surface area contributed by atoms with Gasteiger partial charge in [-0.05, 0) is 30.9 Å². The van der Waals surface area contributed by atoms with Crippen molar-refractivity contribution in [3.63, 3.8) is 0 Å². The number of aromatic nitrogens is 5. The fraction of sp³-hybridized carbons (Fsp3) is 0.579. The van der Waals surface area contributed by atoms with E-state index < -0.39 is 6.09 Å². The normalized spacial score (nSPS) is 21.9. The predicted octanol–water partition coefficient (Wildman–Crippen LogP) is 2.45. The maximum absolute atomic E-state index is 11.3. The summed E-state index contributed by atoms with van der Waals surface area (Å²) in [7, 11) is 0. The zero-order valence-corrected chi connectivity index (χ0v) is 16.1. The smallest absolute Gasteiger partial charge is 0.407 e. The molecule has 3 aromatic heterocycles. The van der Waals surface area contributed by atoms with E-state index in [-0.39, 0.29) is 11.8 Å². The van der Waals surface area contributed by atoms with Crippen LogP contribution in [-0.2, 0) is 0 Å². The summed E-state index contributed by atoms with van der Waals surface area (Å²) in [5.74, 6) is 2.15. The molecule has 0 unspecified atom stereocenters. The summed E-state index contributed by atoms with van der Waals surface area (Å²) in [5, 5.41) is 17.8. The Bertz CT molecular complexity index is 962. The first-order valence-electron chi connectivity index (χ1n) is 9.97. The first-order chi connectivity index (χ1) is 13.6. The maximum Gasteiger partial charge on any atom is 0.407 e. The molecule has 2 atom stereocenters. The van der Waals surface area contributed by atoms with E-state index in [4.69, 9.17) is 5.73 Å². The lowest BCUT2D eigenvalue weighted by Gasteiger charge is -2.14. The Kier molecular flexibility index (Phi) is 5.17. The molecule has 5 rings (SSSR count). The Morgan fingerprint density at radius 3 is 2.82 bits per heavy atom. The van der Waals surface area contributed by atoms with Crippen LogP contribution in [0.5, 0.6) is 0 Å². The predicted molar refractivity (Wildman–Crippen MR) is 105 cm³/mol. The van der Waals surface area contributed by atoms with Gasteiger partial charge in [0.25, 0.3) is 0 Å². The molecule has 0 bridgehead atoms. The summed E-state index contributed by atoms with van der Waals surface area (Å²) >= 11 is 0. The van der Waals surface area contributed by atoms with Gasteiger partial charge in [0, 0.05) is 25.2 Å². The number of rotatable bonds is 4. The molecule has 0 aromatic carbocycles. The summed E-state index contributed by atoms with van der Waals surface area (Å²) in [6.07, 6.45) is 7.69. The third kappa shape index (κ3) is 3.54. The number of carboxylic acid groups (broad SMARTS) is 1. The van der Waals surface area contributed by atoms with Crippen LogP contribution in [0, 0.1) is 11.8 Å². The molecule has 9 nitrogen and oxygen atoms in total. The van der Waals surface area contributed by atoms with Gasteiger partial charge < -0.3 is 20.7 Å². The molecule has 9 heteroatoms. The number of amides is 1. The first kappa shape index (κ1) is 18.7. The number of nitrogens with one attached hydrogen (secondary N) is 1. The lowest BCUT2D eigenvalue weighted by Crippen LogP contribution is -2.26. The SMILES string of the molecule is CC[C@H]1CN(C(=O)O)C[C@H]1c1nnc2cnc3[nH]ccc3n12.NCCC1CC1. The molecule has 3 aromatic rings. The Hall–Kier alpha value is -2.68. The Labute approximate surface area is 162 Å². The van der Waals surface area contributed by atoms with E-state index in [1.54, 1.807) is 6.20 Å². The van der Waals surface area contributed by atoms with Crippen molar-refractivity contribution in [2.75, 3.05) is 19.6 Å². The largest absolute Gasteiger partial charge is 0.465 e. The zero-order valence-electron chi connectivity index (χ0n) is 16.1. The second-order valence-corrected chi connectivity index (χ2v) is 7.70. The molecular weight excluding hydrogens is 358 g/mol. The number of likely N-dealkylation sites (tertiary alicyclic amines) is 1. The van der Waals surface area contributed by atoms with Crippen molar-refractivity contribution in [1.82, 2.24) is 29.5 Å². The maximum atomic E-state index is 11.3. The van der Waals surface area contributed by atoms with Crippen LogP contribution in [0.25, 0.3) is 16.8 Å². The number of carbonyl (C=O) groups is 1. The molecule has 4 heterocycles. The highest BCUT2D eigenvalue weighted by molar-refractivity contribution is 5.74. The van der Waals surface area contributed by atoms with Gasteiger partial charge in [0.05, 0.1) is 11.7 Å². The molecule has 1 saturated heterocycles. The van der Waals surface area contributed by atoms with Crippen molar-refractivity contribution in [2.45, 2.75) is 38.5 Å². The van der Waals surface area contributed by atoms with E-state index in [0.29, 0.717) is 18.7 Å². The van der Waals surface area contributed by atoms with Crippen LogP contribution in [0.2, 0.25) is 0 Å².